The predicted molar refractivity (Wildman–Crippen MR) is 67.0 cm³/mol. The van der Waals surface area contributed by atoms with E-state index in [9.17, 15) is 5.11 Å². The van der Waals surface area contributed by atoms with Crippen molar-refractivity contribution in [1.82, 2.24) is 9.55 Å². The minimum absolute atomic E-state index is 0.301. The highest BCUT2D eigenvalue weighted by atomic mass is 16.3. The van der Waals surface area contributed by atoms with Gasteiger partial charge in [-0.3, -0.25) is 0 Å². The normalized spacial score (nSPS) is 19.0. The van der Waals surface area contributed by atoms with Gasteiger partial charge in [-0.15, -0.1) is 0 Å². The first-order valence-electron chi connectivity index (χ1n) is 6.12. The number of imidazole rings is 1. The third-order valence-corrected chi connectivity index (χ3v) is 3.49. The molecule has 1 aliphatic heterocycles. The smallest absolute Gasteiger partial charge is 0.125 e. The highest BCUT2D eigenvalue weighted by Gasteiger charge is 2.19. The summed E-state index contributed by atoms with van der Waals surface area (Å²) in [5.74, 6) is 1.44. The number of phenolic OH excluding ortho intramolecular Hbond substituents is 1. The topological polar surface area (TPSA) is 38.1 Å². The van der Waals surface area contributed by atoms with Crippen molar-refractivity contribution < 1.29 is 5.11 Å². The number of aromatic hydroxyl groups is 1. The van der Waals surface area contributed by atoms with E-state index in [4.69, 9.17) is 0 Å². The average Bonchev–Trinajstić information content (AvgIpc) is 2.75. The van der Waals surface area contributed by atoms with E-state index < -0.39 is 0 Å². The first-order chi connectivity index (χ1) is 8.25. The van der Waals surface area contributed by atoms with Crippen LogP contribution >= 0.6 is 0 Å². The molecule has 1 aromatic heterocycles. The third kappa shape index (κ3) is 1.71. The third-order valence-electron chi connectivity index (χ3n) is 3.49. The SMILES string of the molecule is CC1CCCc2nc(-c3ccccc3O)cn21. The van der Waals surface area contributed by atoms with E-state index in [-0.39, 0.29) is 0 Å². The Morgan fingerprint density at radius 3 is 2.94 bits per heavy atom. The Morgan fingerprint density at radius 1 is 1.35 bits per heavy atom. The summed E-state index contributed by atoms with van der Waals surface area (Å²) in [7, 11) is 0. The maximum absolute atomic E-state index is 9.84. The van der Waals surface area contributed by atoms with Gasteiger partial charge < -0.3 is 9.67 Å². The Balaban J connectivity index is 2.08. The molecule has 0 spiro atoms. The van der Waals surface area contributed by atoms with Crippen LogP contribution in [0.2, 0.25) is 0 Å². The summed E-state index contributed by atoms with van der Waals surface area (Å²) in [6.07, 6.45) is 5.52. The van der Waals surface area contributed by atoms with Crippen LogP contribution in [-0.2, 0) is 6.42 Å². The molecule has 0 aliphatic carbocycles. The zero-order valence-electron chi connectivity index (χ0n) is 9.93. The van der Waals surface area contributed by atoms with Crippen molar-refractivity contribution in [2.45, 2.75) is 32.2 Å². The zero-order valence-corrected chi connectivity index (χ0v) is 9.93. The molecule has 1 atom stereocenters. The highest BCUT2D eigenvalue weighted by molar-refractivity contribution is 5.66. The number of benzene rings is 1. The second kappa shape index (κ2) is 3.91. The summed E-state index contributed by atoms with van der Waals surface area (Å²) in [5.41, 5.74) is 1.70. The van der Waals surface area contributed by atoms with Gasteiger partial charge >= 0.3 is 0 Å². The molecule has 1 aromatic carbocycles. The van der Waals surface area contributed by atoms with Crippen LogP contribution in [0.4, 0.5) is 0 Å². The van der Waals surface area contributed by atoms with Crippen molar-refractivity contribution in [1.29, 1.82) is 0 Å². The summed E-state index contributed by atoms with van der Waals surface area (Å²) < 4.78 is 2.24. The van der Waals surface area contributed by atoms with E-state index in [1.807, 2.05) is 18.2 Å². The fraction of sp³-hybridized carbons (Fsp3) is 0.357. The molecule has 3 heteroatoms. The Hall–Kier alpha value is -1.77. The molecule has 0 bridgehead atoms. The van der Waals surface area contributed by atoms with E-state index in [0.29, 0.717) is 11.8 Å². The molecular weight excluding hydrogens is 212 g/mol. The van der Waals surface area contributed by atoms with Crippen molar-refractivity contribution in [2.75, 3.05) is 0 Å². The van der Waals surface area contributed by atoms with Gasteiger partial charge in [-0.25, -0.2) is 4.98 Å². The molecule has 2 heterocycles. The van der Waals surface area contributed by atoms with E-state index in [1.54, 1.807) is 6.07 Å². The summed E-state index contributed by atoms with van der Waals surface area (Å²) in [6, 6.07) is 7.89. The fourth-order valence-electron chi connectivity index (χ4n) is 2.51. The second-order valence-electron chi connectivity index (χ2n) is 4.71. The molecule has 0 radical (unpaired) electrons. The van der Waals surface area contributed by atoms with Crippen LogP contribution in [0.5, 0.6) is 5.75 Å². The van der Waals surface area contributed by atoms with Crippen molar-refractivity contribution >= 4 is 0 Å². The van der Waals surface area contributed by atoms with Crippen molar-refractivity contribution in [2.24, 2.45) is 0 Å². The number of fused-ring (bicyclic) bond motifs is 1. The lowest BCUT2D eigenvalue weighted by Crippen LogP contribution is -2.14. The second-order valence-corrected chi connectivity index (χ2v) is 4.71. The van der Waals surface area contributed by atoms with Gasteiger partial charge in [0, 0.05) is 24.2 Å². The standard InChI is InChI=1S/C14H16N2O/c1-10-5-4-8-14-15-12(9-16(10)14)11-6-2-3-7-13(11)17/h2-3,6-7,9-10,17H,4-5,8H2,1H3. The van der Waals surface area contributed by atoms with Crippen LogP contribution in [0, 0.1) is 0 Å². The Labute approximate surface area is 101 Å². The number of nitrogens with zero attached hydrogens (tertiary/aromatic N) is 2. The first-order valence-corrected chi connectivity index (χ1v) is 6.12. The van der Waals surface area contributed by atoms with Crippen LogP contribution in [0.15, 0.2) is 30.5 Å². The van der Waals surface area contributed by atoms with E-state index in [0.717, 1.165) is 23.5 Å². The summed E-state index contributed by atoms with van der Waals surface area (Å²) in [6.45, 7) is 2.22. The van der Waals surface area contributed by atoms with Crippen LogP contribution in [0.3, 0.4) is 0 Å². The van der Waals surface area contributed by atoms with Crippen LogP contribution in [-0.4, -0.2) is 14.7 Å². The summed E-state index contributed by atoms with van der Waals surface area (Å²) in [4.78, 5) is 4.64. The molecule has 2 aromatic rings. The van der Waals surface area contributed by atoms with Crippen LogP contribution < -0.4 is 0 Å². The zero-order chi connectivity index (χ0) is 11.8. The van der Waals surface area contributed by atoms with E-state index in [1.165, 1.54) is 12.8 Å². The van der Waals surface area contributed by atoms with Crippen molar-refractivity contribution in [3.63, 3.8) is 0 Å². The molecule has 88 valence electrons. The fourth-order valence-corrected chi connectivity index (χ4v) is 2.51. The van der Waals surface area contributed by atoms with E-state index in [2.05, 4.69) is 22.7 Å². The molecule has 0 saturated carbocycles. The number of phenols is 1. The molecule has 0 amide bonds. The molecule has 0 saturated heterocycles. The van der Waals surface area contributed by atoms with Gasteiger partial charge in [0.2, 0.25) is 0 Å². The number of hydrogen-bond acceptors (Lipinski definition) is 2. The Kier molecular flexibility index (Phi) is 2.39. The van der Waals surface area contributed by atoms with Crippen LogP contribution in [0.25, 0.3) is 11.3 Å². The quantitative estimate of drug-likeness (QED) is 0.814. The van der Waals surface area contributed by atoms with Gasteiger partial charge in [-0.1, -0.05) is 12.1 Å². The predicted octanol–water partition coefficient (Wildman–Crippen LogP) is 3.15. The van der Waals surface area contributed by atoms with E-state index >= 15 is 0 Å². The largest absolute Gasteiger partial charge is 0.507 e. The molecular formula is C14H16N2O. The van der Waals surface area contributed by atoms with Gasteiger partial charge in [-0.05, 0) is 31.9 Å². The molecule has 1 unspecified atom stereocenters. The Morgan fingerprint density at radius 2 is 2.18 bits per heavy atom. The van der Waals surface area contributed by atoms with Gasteiger partial charge in [-0.2, -0.15) is 0 Å². The highest BCUT2D eigenvalue weighted by Crippen LogP contribution is 2.31. The number of aryl methyl sites for hydroxylation is 1. The maximum atomic E-state index is 9.84. The monoisotopic (exact) mass is 228 g/mol. The first kappa shape index (κ1) is 10.4. The lowest BCUT2D eigenvalue weighted by atomic mass is 10.1. The molecule has 0 fully saturated rings. The summed E-state index contributed by atoms with van der Waals surface area (Å²) in [5, 5.41) is 9.84. The summed E-state index contributed by atoms with van der Waals surface area (Å²) >= 11 is 0. The maximum Gasteiger partial charge on any atom is 0.125 e. The molecule has 1 aliphatic rings. The average molecular weight is 228 g/mol. The Bertz CT molecular complexity index is 545. The van der Waals surface area contributed by atoms with Gasteiger partial charge in [0.25, 0.3) is 0 Å². The van der Waals surface area contributed by atoms with Gasteiger partial charge in [0.1, 0.15) is 11.6 Å². The molecule has 3 nitrogen and oxygen atoms in total. The van der Waals surface area contributed by atoms with Crippen molar-refractivity contribution in [3.05, 3.63) is 36.3 Å². The number of hydrogen-bond donors (Lipinski definition) is 1. The lowest BCUT2D eigenvalue weighted by Gasteiger charge is -2.20. The number of aromatic nitrogens is 2. The number of para-hydroxylation sites is 1. The number of rotatable bonds is 1. The van der Waals surface area contributed by atoms with Crippen molar-refractivity contribution in [3.8, 4) is 17.0 Å². The lowest BCUT2D eigenvalue weighted by molar-refractivity contribution is 0.426. The molecule has 17 heavy (non-hydrogen) atoms. The van der Waals surface area contributed by atoms with Crippen LogP contribution in [0.1, 0.15) is 31.6 Å². The minimum Gasteiger partial charge on any atom is -0.507 e. The molecule has 1 N–H and O–H groups in total. The molecule has 3 rings (SSSR count). The minimum atomic E-state index is 0.301. The van der Waals surface area contributed by atoms with Gasteiger partial charge in [0.05, 0.1) is 5.69 Å². The van der Waals surface area contributed by atoms with Gasteiger partial charge in [0.15, 0.2) is 0 Å².